The van der Waals surface area contributed by atoms with E-state index >= 15 is 0 Å². The smallest absolute Gasteiger partial charge is 0.125 e. The van der Waals surface area contributed by atoms with Crippen molar-refractivity contribution in [1.29, 1.82) is 0 Å². The Morgan fingerprint density at radius 3 is 2.64 bits per heavy atom. The molecule has 0 bridgehead atoms. The van der Waals surface area contributed by atoms with Crippen molar-refractivity contribution >= 4 is 39.5 Å². The van der Waals surface area contributed by atoms with Crippen LogP contribution in [0.1, 0.15) is 35.6 Å². The van der Waals surface area contributed by atoms with Crippen molar-refractivity contribution in [2.24, 2.45) is 0 Å². The number of hydrogen-bond donors (Lipinski definition) is 4. The Morgan fingerprint density at radius 2 is 1.87 bits per heavy atom. The SMILES string of the molecule is COc1cc(NC(C(=C2CC2)c2c[nH]c3cc4c(cc23)CCN4)c2ccc(Cl)cc2OC)cc(OCCO)c1. The molecule has 6 rings (SSSR count). The maximum atomic E-state index is 9.28. The second kappa shape index (κ2) is 10.8. The van der Waals surface area contributed by atoms with E-state index in [0.717, 1.165) is 42.6 Å². The molecule has 0 amide bonds. The van der Waals surface area contributed by atoms with Crippen LogP contribution in [0.15, 0.2) is 60.3 Å². The number of nitrogens with one attached hydrogen (secondary N) is 3. The highest BCUT2D eigenvalue weighted by Gasteiger charge is 2.31. The number of ether oxygens (including phenoxy) is 3. The van der Waals surface area contributed by atoms with Gasteiger partial charge in [-0.15, -0.1) is 0 Å². The summed E-state index contributed by atoms with van der Waals surface area (Å²) >= 11 is 6.38. The molecule has 1 saturated carbocycles. The Balaban J connectivity index is 1.50. The van der Waals surface area contributed by atoms with Gasteiger partial charge in [-0.05, 0) is 54.7 Å². The van der Waals surface area contributed by atoms with Crippen LogP contribution in [0.2, 0.25) is 5.02 Å². The fourth-order valence-electron chi connectivity index (χ4n) is 5.44. The summed E-state index contributed by atoms with van der Waals surface area (Å²) in [7, 11) is 3.30. The molecule has 0 radical (unpaired) electrons. The third-order valence-electron chi connectivity index (χ3n) is 7.37. The van der Waals surface area contributed by atoms with E-state index in [0.29, 0.717) is 22.3 Å². The summed E-state index contributed by atoms with van der Waals surface area (Å²) in [6.07, 6.45) is 5.24. The second-order valence-electron chi connectivity index (χ2n) is 9.88. The number of methoxy groups -OCH3 is 2. The summed E-state index contributed by atoms with van der Waals surface area (Å²) in [5.74, 6) is 1.98. The fourth-order valence-corrected chi connectivity index (χ4v) is 5.60. The highest BCUT2D eigenvalue weighted by Crippen LogP contribution is 2.49. The van der Waals surface area contributed by atoms with E-state index in [4.69, 9.17) is 25.8 Å². The summed E-state index contributed by atoms with van der Waals surface area (Å²) in [5, 5.41) is 18.4. The molecule has 1 aliphatic heterocycles. The highest BCUT2D eigenvalue weighted by atomic mass is 35.5. The Kier molecular flexibility index (Phi) is 7.02. The number of allylic oxidation sites excluding steroid dienone is 1. The minimum Gasteiger partial charge on any atom is -0.497 e. The first-order chi connectivity index (χ1) is 19.1. The number of H-pyrrole nitrogens is 1. The number of benzene rings is 3. The van der Waals surface area contributed by atoms with Gasteiger partial charge in [0.2, 0.25) is 0 Å². The lowest BCUT2D eigenvalue weighted by Crippen LogP contribution is -2.15. The molecule has 2 heterocycles. The maximum Gasteiger partial charge on any atom is 0.125 e. The van der Waals surface area contributed by atoms with Crippen LogP contribution >= 0.6 is 11.6 Å². The van der Waals surface area contributed by atoms with E-state index in [2.05, 4.69) is 33.9 Å². The number of aromatic nitrogens is 1. The van der Waals surface area contributed by atoms with Gasteiger partial charge in [-0.3, -0.25) is 0 Å². The van der Waals surface area contributed by atoms with Crippen molar-refractivity contribution in [2.75, 3.05) is 44.6 Å². The lowest BCUT2D eigenvalue weighted by Gasteiger charge is -2.26. The Bertz CT molecular complexity index is 1560. The third-order valence-corrected chi connectivity index (χ3v) is 7.60. The van der Waals surface area contributed by atoms with Gasteiger partial charge in [0.25, 0.3) is 0 Å². The van der Waals surface area contributed by atoms with Crippen LogP contribution in [-0.2, 0) is 6.42 Å². The minimum absolute atomic E-state index is 0.0688. The predicted octanol–water partition coefficient (Wildman–Crippen LogP) is 6.58. The van der Waals surface area contributed by atoms with Gasteiger partial charge >= 0.3 is 0 Å². The predicted molar refractivity (Wildman–Crippen MR) is 157 cm³/mol. The normalized spacial score (nSPS) is 14.5. The van der Waals surface area contributed by atoms with Crippen LogP contribution in [0.5, 0.6) is 17.2 Å². The zero-order valence-electron chi connectivity index (χ0n) is 22.1. The molecule has 1 aliphatic carbocycles. The number of rotatable bonds is 10. The lowest BCUT2D eigenvalue weighted by molar-refractivity contribution is 0.201. The van der Waals surface area contributed by atoms with Gasteiger partial charge in [0, 0.05) is 69.4 Å². The van der Waals surface area contributed by atoms with E-state index in [1.54, 1.807) is 14.2 Å². The topological polar surface area (TPSA) is 87.8 Å². The Labute approximate surface area is 232 Å². The van der Waals surface area contributed by atoms with Crippen molar-refractivity contribution in [3.63, 3.8) is 0 Å². The molecule has 1 unspecified atom stereocenters. The molecule has 1 aromatic heterocycles. The molecule has 8 heteroatoms. The molecule has 2 aliphatic rings. The van der Waals surface area contributed by atoms with Gasteiger partial charge in [0.1, 0.15) is 23.9 Å². The number of hydrogen-bond acceptors (Lipinski definition) is 6. The quantitative estimate of drug-likeness (QED) is 0.180. The van der Waals surface area contributed by atoms with Crippen LogP contribution in [0.25, 0.3) is 16.5 Å². The van der Waals surface area contributed by atoms with Crippen LogP contribution < -0.4 is 24.8 Å². The van der Waals surface area contributed by atoms with Crippen molar-refractivity contribution in [3.05, 3.63) is 82.0 Å². The number of halogens is 1. The monoisotopic (exact) mass is 545 g/mol. The van der Waals surface area contributed by atoms with Crippen LogP contribution in [-0.4, -0.2) is 44.1 Å². The van der Waals surface area contributed by atoms with Crippen molar-refractivity contribution in [2.45, 2.75) is 25.3 Å². The first-order valence-electron chi connectivity index (χ1n) is 13.2. The van der Waals surface area contributed by atoms with Gasteiger partial charge in [-0.2, -0.15) is 0 Å². The van der Waals surface area contributed by atoms with Crippen LogP contribution in [0, 0.1) is 0 Å². The average Bonchev–Trinajstić information content (AvgIpc) is 3.55. The summed E-state index contributed by atoms with van der Waals surface area (Å²) in [6.45, 7) is 1.10. The molecule has 3 aromatic carbocycles. The average molecular weight is 546 g/mol. The first kappa shape index (κ1) is 25.5. The van der Waals surface area contributed by atoms with E-state index in [-0.39, 0.29) is 19.3 Å². The number of aliphatic hydroxyl groups excluding tert-OH is 1. The summed E-state index contributed by atoms with van der Waals surface area (Å²) < 4.78 is 17.2. The van der Waals surface area contributed by atoms with Gasteiger partial charge in [0.05, 0.1) is 26.9 Å². The standard InChI is InChI=1S/C31H32ClN3O4/c1-37-22-13-21(14-23(15-22)39-10-9-36)35-31(24-6-5-20(32)12-29(24)38-2)30(18-3-4-18)26-17-34-28-16-27-19(7-8-33-27)11-25(26)28/h5-6,11-17,31,33-36H,3-4,7-10H2,1-2H3. The molecule has 1 fully saturated rings. The molecule has 0 saturated heterocycles. The number of aliphatic hydroxyl groups is 1. The second-order valence-corrected chi connectivity index (χ2v) is 10.3. The van der Waals surface area contributed by atoms with Crippen LogP contribution in [0.4, 0.5) is 11.4 Å². The number of anilines is 2. The van der Waals surface area contributed by atoms with E-state index in [1.807, 2.05) is 36.4 Å². The third kappa shape index (κ3) is 5.12. The minimum atomic E-state index is -0.238. The summed E-state index contributed by atoms with van der Waals surface area (Å²) in [5.41, 5.74) is 9.29. The van der Waals surface area contributed by atoms with E-state index in [9.17, 15) is 5.11 Å². The number of fused-ring (bicyclic) bond motifs is 2. The molecule has 7 nitrogen and oxygen atoms in total. The van der Waals surface area contributed by atoms with Gasteiger partial charge in [-0.25, -0.2) is 0 Å². The molecule has 4 aromatic rings. The van der Waals surface area contributed by atoms with E-state index < -0.39 is 0 Å². The van der Waals surface area contributed by atoms with E-state index in [1.165, 1.54) is 33.3 Å². The molecule has 4 N–H and O–H groups in total. The molecule has 1 atom stereocenters. The van der Waals surface area contributed by atoms with Crippen molar-refractivity contribution in [3.8, 4) is 17.2 Å². The zero-order valence-corrected chi connectivity index (χ0v) is 22.8. The Hall–Kier alpha value is -3.81. The summed E-state index contributed by atoms with van der Waals surface area (Å²) in [6, 6.07) is 15.8. The molecular formula is C31H32ClN3O4. The van der Waals surface area contributed by atoms with Crippen LogP contribution in [0.3, 0.4) is 0 Å². The summed E-state index contributed by atoms with van der Waals surface area (Å²) in [4.78, 5) is 3.52. The largest absolute Gasteiger partial charge is 0.497 e. The fraction of sp³-hybridized carbons (Fsp3) is 0.290. The van der Waals surface area contributed by atoms with Gasteiger partial charge < -0.3 is 34.9 Å². The molecular weight excluding hydrogens is 514 g/mol. The highest BCUT2D eigenvalue weighted by molar-refractivity contribution is 6.30. The molecule has 0 spiro atoms. The zero-order chi connectivity index (χ0) is 26.9. The van der Waals surface area contributed by atoms with Crippen molar-refractivity contribution < 1.29 is 19.3 Å². The Morgan fingerprint density at radius 1 is 1.03 bits per heavy atom. The maximum absolute atomic E-state index is 9.28. The number of aromatic amines is 1. The first-order valence-corrected chi connectivity index (χ1v) is 13.6. The lowest BCUT2D eigenvalue weighted by atomic mass is 9.90. The van der Waals surface area contributed by atoms with Gasteiger partial charge in [-0.1, -0.05) is 23.2 Å². The molecule has 39 heavy (non-hydrogen) atoms. The van der Waals surface area contributed by atoms with Crippen molar-refractivity contribution in [1.82, 2.24) is 4.98 Å². The molecule has 202 valence electrons. The van der Waals surface area contributed by atoms with Gasteiger partial charge in [0.15, 0.2) is 0 Å².